The van der Waals surface area contributed by atoms with Gasteiger partial charge in [0.1, 0.15) is 0 Å². The summed E-state index contributed by atoms with van der Waals surface area (Å²) in [6, 6.07) is 6.89. The first-order chi connectivity index (χ1) is 12.0. The van der Waals surface area contributed by atoms with E-state index in [2.05, 4.69) is 29.4 Å². The second-order valence-electron chi connectivity index (χ2n) is 7.22. The fraction of sp³-hybridized carbons (Fsp3) is 0.500. The maximum Gasteiger partial charge on any atom is 0.269 e. The van der Waals surface area contributed by atoms with Crippen molar-refractivity contribution in [3.8, 4) is 0 Å². The lowest BCUT2D eigenvalue weighted by Gasteiger charge is -2.37. The van der Waals surface area contributed by atoms with Gasteiger partial charge in [-0.2, -0.15) is 0 Å². The molecule has 0 N–H and O–H groups in total. The van der Waals surface area contributed by atoms with E-state index in [0.717, 1.165) is 44.8 Å². The summed E-state index contributed by atoms with van der Waals surface area (Å²) in [4.78, 5) is 15.2. The molecule has 0 spiro atoms. The molecule has 0 radical (unpaired) electrons. The summed E-state index contributed by atoms with van der Waals surface area (Å²) in [6.07, 6.45) is 6.00. The number of anilines is 1. The van der Waals surface area contributed by atoms with Gasteiger partial charge < -0.3 is 4.90 Å². The van der Waals surface area contributed by atoms with E-state index in [1.807, 2.05) is 12.1 Å². The molecule has 1 unspecified atom stereocenters. The highest BCUT2D eigenvalue weighted by Gasteiger charge is 2.21. The molecule has 1 atom stereocenters. The summed E-state index contributed by atoms with van der Waals surface area (Å²) >= 11 is 0. The minimum absolute atomic E-state index is 0.152. The molecule has 0 amide bonds. The van der Waals surface area contributed by atoms with Crippen LogP contribution in [0, 0.1) is 16.0 Å². The average molecular weight is 341 g/mol. The van der Waals surface area contributed by atoms with Crippen LogP contribution in [0.2, 0.25) is 0 Å². The first-order valence-electron chi connectivity index (χ1n) is 9.08. The van der Waals surface area contributed by atoms with Crippen LogP contribution in [0.3, 0.4) is 0 Å². The molecule has 1 aromatic carbocycles. The van der Waals surface area contributed by atoms with E-state index < -0.39 is 0 Å². The molecule has 1 fully saturated rings. The van der Waals surface area contributed by atoms with Crippen LogP contribution in [0.5, 0.6) is 0 Å². The molecule has 25 heavy (non-hydrogen) atoms. The highest BCUT2D eigenvalue weighted by Crippen LogP contribution is 2.29. The van der Waals surface area contributed by atoms with Gasteiger partial charge in [-0.3, -0.25) is 15.0 Å². The van der Waals surface area contributed by atoms with Crippen LogP contribution >= 0.6 is 0 Å². The van der Waals surface area contributed by atoms with Gasteiger partial charge in [0.15, 0.2) is 0 Å². The largest absolute Gasteiger partial charge is 0.369 e. The Morgan fingerprint density at radius 3 is 2.44 bits per heavy atom. The van der Waals surface area contributed by atoms with Crippen molar-refractivity contribution in [2.45, 2.75) is 26.2 Å². The second-order valence-corrected chi connectivity index (χ2v) is 7.22. The normalized spacial score (nSPS) is 21.7. The molecule has 2 aliphatic rings. The van der Waals surface area contributed by atoms with E-state index >= 15 is 0 Å². The van der Waals surface area contributed by atoms with Gasteiger partial charge in [-0.25, -0.2) is 0 Å². The molecule has 0 bridgehead atoms. The predicted octanol–water partition coefficient (Wildman–Crippen LogP) is 4.02. The second kappa shape index (κ2) is 7.83. The maximum atomic E-state index is 10.8. The average Bonchev–Trinajstić information content (AvgIpc) is 2.63. The molecule has 1 aliphatic heterocycles. The van der Waals surface area contributed by atoms with E-state index in [1.54, 1.807) is 17.7 Å². The topological polar surface area (TPSA) is 49.6 Å². The molecule has 1 aliphatic carbocycles. The van der Waals surface area contributed by atoms with Crippen LogP contribution in [-0.2, 0) is 0 Å². The van der Waals surface area contributed by atoms with Crippen molar-refractivity contribution in [3.63, 3.8) is 0 Å². The Bertz CT molecular complexity index is 658. The fourth-order valence-corrected chi connectivity index (χ4v) is 3.72. The Hall–Kier alpha value is -2.14. The van der Waals surface area contributed by atoms with E-state index in [1.165, 1.54) is 18.4 Å². The zero-order valence-corrected chi connectivity index (χ0v) is 15.0. The van der Waals surface area contributed by atoms with Crippen LogP contribution in [0.4, 0.5) is 11.4 Å². The van der Waals surface area contributed by atoms with Crippen molar-refractivity contribution in [2.24, 2.45) is 5.92 Å². The summed E-state index contributed by atoms with van der Waals surface area (Å²) in [6.45, 7) is 11.3. The Balaban J connectivity index is 1.49. The fourth-order valence-electron chi connectivity index (χ4n) is 3.72. The zero-order valence-electron chi connectivity index (χ0n) is 15.0. The summed E-state index contributed by atoms with van der Waals surface area (Å²) < 4.78 is 0. The van der Waals surface area contributed by atoms with Gasteiger partial charge >= 0.3 is 0 Å². The van der Waals surface area contributed by atoms with Gasteiger partial charge in [0.05, 0.1) is 4.92 Å². The van der Waals surface area contributed by atoms with Crippen LogP contribution in [0.15, 0.2) is 48.1 Å². The summed E-state index contributed by atoms with van der Waals surface area (Å²) in [5.74, 6) is 0.669. The minimum atomic E-state index is -0.349. The molecular formula is C20H27N3O2. The molecule has 5 heteroatoms. The SMILES string of the molecule is C=C(C)C1CC=C(CN2CCN(c3ccc([N+](=O)[O-])cc3)CC2)CC1. The monoisotopic (exact) mass is 341 g/mol. The number of benzene rings is 1. The highest BCUT2D eigenvalue weighted by molar-refractivity contribution is 5.51. The Morgan fingerprint density at radius 1 is 1.24 bits per heavy atom. The van der Waals surface area contributed by atoms with Crippen molar-refractivity contribution >= 4 is 11.4 Å². The Morgan fingerprint density at radius 2 is 1.92 bits per heavy atom. The Kier molecular flexibility index (Phi) is 5.53. The quantitative estimate of drug-likeness (QED) is 0.461. The number of hydrogen-bond donors (Lipinski definition) is 0. The maximum absolute atomic E-state index is 10.8. The minimum Gasteiger partial charge on any atom is -0.369 e. The van der Waals surface area contributed by atoms with Crippen LogP contribution < -0.4 is 4.90 Å². The highest BCUT2D eigenvalue weighted by atomic mass is 16.6. The van der Waals surface area contributed by atoms with Crippen molar-refractivity contribution in [1.29, 1.82) is 0 Å². The lowest BCUT2D eigenvalue weighted by molar-refractivity contribution is -0.384. The molecule has 3 rings (SSSR count). The third-order valence-corrected chi connectivity index (χ3v) is 5.43. The standard InChI is InChI=1S/C20H27N3O2/c1-16(2)18-5-3-17(4-6-18)15-21-11-13-22(14-12-21)19-7-9-20(10-8-19)23(24)25/h3,7-10,18H,1,4-6,11-15H2,2H3. The number of piperazine rings is 1. The van der Waals surface area contributed by atoms with E-state index in [4.69, 9.17) is 0 Å². The van der Waals surface area contributed by atoms with E-state index in [0.29, 0.717) is 5.92 Å². The number of non-ortho nitro benzene ring substituents is 1. The summed E-state index contributed by atoms with van der Waals surface area (Å²) in [5, 5.41) is 10.8. The van der Waals surface area contributed by atoms with Crippen LogP contribution in [0.25, 0.3) is 0 Å². The van der Waals surface area contributed by atoms with Crippen molar-refractivity contribution in [1.82, 2.24) is 4.90 Å². The number of allylic oxidation sites excluding steroid dienone is 2. The number of nitro benzene ring substituents is 1. The predicted molar refractivity (Wildman–Crippen MR) is 102 cm³/mol. The van der Waals surface area contributed by atoms with Gasteiger partial charge in [-0.15, -0.1) is 0 Å². The van der Waals surface area contributed by atoms with Crippen molar-refractivity contribution in [3.05, 3.63) is 58.2 Å². The zero-order chi connectivity index (χ0) is 17.8. The van der Waals surface area contributed by atoms with Gasteiger partial charge in [-0.05, 0) is 44.2 Å². The van der Waals surface area contributed by atoms with Gasteiger partial charge in [0.25, 0.3) is 5.69 Å². The smallest absolute Gasteiger partial charge is 0.269 e. The van der Waals surface area contributed by atoms with Crippen LogP contribution in [-0.4, -0.2) is 42.5 Å². The number of hydrogen-bond acceptors (Lipinski definition) is 4. The van der Waals surface area contributed by atoms with E-state index in [-0.39, 0.29) is 10.6 Å². The number of nitro groups is 1. The molecular weight excluding hydrogens is 314 g/mol. The van der Waals surface area contributed by atoms with Crippen LogP contribution in [0.1, 0.15) is 26.2 Å². The molecule has 0 saturated carbocycles. The lowest BCUT2D eigenvalue weighted by atomic mass is 9.85. The van der Waals surface area contributed by atoms with Gasteiger partial charge in [0.2, 0.25) is 0 Å². The van der Waals surface area contributed by atoms with Gasteiger partial charge in [0, 0.05) is 50.5 Å². The molecule has 0 aromatic heterocycles. The molecule has 1 heterocycles. The molecule has 1 saturated heterocycles. The summed E-state index contributed by atoms with van der Waals surface area (Å²) in [5.41, 5.74) is 4.11. The third kappa shape index (κ3) is 4.48. The molecule has 134 valence electrons. The van der Waals surface area contributed by atoms with Crippen molar-refractivity contribution < 1.29 is 4.92 Å². The first kappa shape index (κ1) is 17.7. The van der Waals surface area contributed by atoms with E-state index in [9.17, 15) is 10.1 Å². The lowest BCUT2D eigenvalue weighted by Crippen LogP contribution is -2.47. The Labute approximate surface area is 149 Å². The number of rotatable bonds is 5. The van der Waals surface area contributed by atoms with Crippen molar-refractivity contribution in [2.75, 3.05) is 37.6 Å². The van der Waals surface area contributed by atoms with Gasteiger partial charge in [-0.1, -0.05) is 23.8 Å². The first-order valence-corrected chi connectivity index (χ1v) is 9.08. The molecule has 5 nitrogen and oxygen atoms in total. The summed E-state index contributed by atoms with van der Waals surface area (Å²) in [7, 11) is 0. The number of nitrogens with zero attached hydrogens (tertiary/aromatic N) is 3. The third-order valence-electron chi connectivity index (χ3n) is 5.43. The molecule has 1 aromatic rings.